The largest absolute Gasteiger partial charge is 0.462 e. The van der Waals surface area contributed by atoms with Crippen LogP contribution in [0.3, 0.4) is 0 Å². The van der Waals surface area contributed by atoms with Crippen LogP contribution in [0, 0.1) is 6.92 Å². The minimum absolute atomic E-state index is 0.131. The Balaban J connectivity index is 1.95. The van der Waals surface area contributed by atoms with Gasteiger partial charge in [0.2, 0.25) is 15.9 Å². The van der Waals surface area contributed by atoms with Crippen LogP contribution in [-0.4, -0.2) is 33.4 Å². The molecular formula is C18H20N2O5S. The number of carbonyl (C=O) groups is 2. The first-order valence-corrected chi connectivity index (χ1v) is 9.44. The summed E-state index contributed by atoms with van der Waals surface area (Å²) in [7, 11) is -3.77. The number of anilines is 1. The van der Waals surface area contributed by atoms with Crippen molar-refractivity contribution in [3.05, 3.63) is 59.7 Å². The quantitative estimate of drug-likeness (QED) is 0.721. The van der Waals surface area contributed by atoms with Crippen molar-refractivity contribution in [3.8, 4) is 0 Å². The molecule has 0 aromatic heterocycles. The molecule has 0 spiro atoms. The molecule has 0 radical (unpaired) electrons. The predicted molar refractivity (Wildman–Crippen MR) is 97.4 cm³/mol. The van der Waals surface area contributed by atoms with Crippen molar-refractivity contribution in [3.63, 3.8) is 0 Å². The van der Waals surface area contributed by atoms with E-state index in [0.717, 1.165) is 0 Å². The number of aryl methyl sites for hydroxylation is 1. The SMILES string of the molecule is CCOC(=O)c1ccc(NC(=O)CNS(=O)(=O)c2ccccc2C)cc1. The minimum Gasteiger partial charge on any atom is -0.462 e. The first-order chi connectivity index (χ1) is 12.3. The van der Waals surface area contributed by atoms with Crippen LogP contribution < -0.4 is 10.0 Å². The zero-order chi connectivity index (χ0) is 19.2. The molecule has 0 bridgehead atoms. The fourth-order valence-corrected chi connectivity index (χ4v) is 3.43. The molecule has 0 atom stereocenters. The average Bonchev–Trinajstić information content (AvgIpc) is 2.61. The van der Waals surface area contributed by atoms with Crippen LogP contribution in [0.4, 0.5) is 5.69 Å². The van der Waals surface area contributed by atoms with Crippen molar-refractivity contribution in [2.24, 2.45) is 0 Å². The van der Waals surface area contributed by atoms with Crippen LogP contribution in [-0.2, 0) is 19.6 Å². The number of nitrogens with one attached hydrogen (secondary N) is 2. The van der Waals surface area contributed by atoms with Gasteiger partial charge in [-0.25, -0.2) is 17.9 Å². The van der Waals surface area contributed by atoms with Gasteiger partial charge in [-0.2, -0.15) is 0 Å². The van der Waals surface area contributed by atoms with Gasteiger partial charge in [0.25, 0.3) is 0 Å². The second-order valence-corrected chi connectivity index (χ2v) is 7.17. The van der Waals surface area contributed by atoms with Crippen molar-refractivity contribution in [1.82, 2.24) is 4.72 Å². The van der Waals surface area contributed by atoms with Gasteiger partial charge >= 0.3 is 5.97 Å². The summed E-state index contributed by atoms with van der Waals surface area (Å²) in [6.45, 7) is 3.26. The van der Waals surface area contributed by atoms with Gasteiger partial charge in [0.15, 0.2) is 0 Å². The lowest BCUT2D eigenvalue weighted by Crippen LogP contribution is -2.33. The number of benzene rings is 2. The molecule has 2 N–H and O–H groups in total. The van der Waals surface area contributed by atoms with Crippen molar-refractivity contribution >= 4 is 27.6 Å². The van der Waals surface area contributed by atoms with Crippen molar-refractivity contribution in [2.75, 3.05) is 18.5 Å². The van der Waals surface area contributed by atoms with Gasteiger partial charge in [0.1, 0.15) is 0 Å². The van der Waals surface area contributed by atoms with Gasteiger partial charge < -0.3 is 10.1 Å². The molecule has 0 fully saturated rings. The van der Waals surface area contributed by atoms with Gasteiger partial charge in [0.05, 0.1) is 23.6 Å². The molecule has 26 heavy (non-hydrogen) atoms. The molecule has 0 saturated heterocycles. The highest BCUT2D eigenvalue weighted by atomic mass is 32.2. The van der Waals surface area contributed by atoms with Crippen LogP contribution in [0.25, 0.3) is 0 Å². The van der Waals surface area contributed by atoms with Crippen LogP contribution in [0.5, 0.6) is 0 Å². The number of carbonyl (C=O) groups excluding carboxylic acids is 2. The van der Waals surface area contributed by atoms with E-state index in [1.807, 2.05) is 0 Å². The van der Waals surface area contributed by atoms with Gasteiger partial charge in [0, 0.05) is 5.69 Å². The topological polar surface area (TPSA) is 102 Å². The summed E-state index contributed by atoms with van der Waals surface area (Å²) >= 11 is 0. The number of sulfonamides is 1. The molecule has 0 heterocycles. The van der Waals surface area contributed by atoms with Gasteiger partial charge in [-0.3, -0.25) is 4.79 Å². The van der Waals surface area contributed by atoms with Gasteiger partial charge in [-0.15, -0.1) is 0 Å². The molecule has 0 unspecified atom stereocenters. The van der Waals surface area contributed by atoms with E-state index in [2.05, 4.69) is 10.0 Å². The Hall–Kier alpha value is -2.71. The smallest absolute Gasteiger partial charge is 0.338 e. The highest BCUT2D eigenvalue weighted by Gasteiger charge is 2.17. The predicted octanol–water partition coefficient (Wildman–Crippen LogP) is 2.09. The maximum atomic E-state index is 12.2. The molecule has 138 valence electrons. The third-order valence-electron chi connectivity index (χ3n) is 3.49. The van der Waals surface area contributed by atoms with Gasteiger partial charge in [-0.05, 0) is 49.7 Å². The van der Waals surface area contributed by atoms with E-state index in [1.54, 1.807) is 44.2 Å². The molecule has 0 aliphatic carbocycles. The lowest BCUT2D eigenvalue weighted by molar-refractivity contribution is -0.115. The molecular weight excluding hydrogens is 356 g/mol. The number of hydrogen-bond donors (Lipinski definition) is 2. The van der Waals surface area contributed by atoms with E-state index < -0.39 is 28.4 Å². The summed E-state index contributed by atoms with van der Waals surface area (Å²) in [5, 5.41) is 2.56. The first-order valence-electron chi connectivity index (χ1n) is 7.96. The summed E-state index contributed by atoms with van der Waals surface area (Å²) in [5.41, 5.74) is 1.40. The third kappa shape index (κ3) is 5.14. The van der Waals surface area contributed by atoms with Crippen LogP contribution in [0.1, 0.15) is 22.8 Å². The number of ether oxygens (including phenoxy) is 1. The van der Waals surface area contributed by atoms with E-state index in [-0.39, 0.29) is 11.5 Å². The Morgan fingerprint density at radius 2 is 1.69 bits per heavy atom. The molecule has 2 aromatic carbocycles. The highest BCUT2D eigenvalue weighted by molar-refractivity contribution is 7.89. The molecule has 1 amide bonds. The lowest BCUT2D eigenvalue weighted by Gasteiger charge is -2.10. The lowest BCUT2D eigenvalue weighted by atomic mass is 10.2. The van der Waals surface area contributed by atoms with Crippen molar-refractivity contribution < 1.29 is 22.7 Å². The third-order valence-corrected chi connectivity index (χ3v) is 5.05. The van der Waals surface area contributed by atoms with Crippen molar-refractivity contribution in [2.45, 2.75) is 18.7 Å². The molecule has 2 aromatic rings. The summed E-state index contributed by atoms with van der Waals surface area (Å²) in [5.74, 6) is -0.970. The first kappa shape index (κ1) is 19.6. The monoisotopic (exact) mass is 376 g/mol. The number of rotatable bonds is 7. The number of amides is 1. The van der Waals surface area contributed by atoms with E-state index in [0.29, 0.717) is 16.8 Å². The zero-order valence-corrected chi connectivity index (χ0v) is 15.3. The molecule has 0 saturated carbocycles. The van der Waals surface area contributed by atoms with Crippen LogP contribution in [0.2, 0.25) is 0 Å². The van der Waals surface area contributed by atoms with E-state index in [4.69, 9.17) is 4.74 Å². The Labute approximate surface area is 152 Å². The minimum atomic E-state index is -3.77. The van der Waals surface area contributed by atoms with Crippen LogP contribution in [0.15, 0.2) is 53.4 Å². The van der Waals surface area contributed by atoms with Gasteiger partial charge in [-0.1, -0.05) is 18.2 Å². The zero-order valence-electron chi connectivity index (χ0n) is 14.5. The summed E-state index contributed by atoms with van der Waals surface area (Å²) < 4.78 is 31.6. The van der Waals surface area contributed by atoms with Crippen molar-refractivity contribution in [1.29, 1.82) is 0 Å². The normalized spacial score (nSPS) is 11.0. The van der Waals surface area contributed by atoms with Crippen LogP contribution >= 0.6 is 0 Å². The average molecular weight is 376 g/mol. The maximum Gasteiger partial charge on any atom is 0.338 e. The molecule has 0 aliphatic rings. The Kier molecular flexibility index (Phi) is 6.48. The Bertz CT molecular complexity index is 892. The second-order valence-electron chi connectivity index (χ2n) is 5.44. The second kappa shape index (κ2) is 8.59. The number of esters is 1. The Morgan fingerprint density at radius 3 is 2.31 bits per heavy atom. The molecule has 2 rings (SSSR count). The number of hydrogen-bond acceptors (Lipinski definition) is 5. The summed E-state index contributed by atoms with van der Waals surface area (Å²) in [4.78, 5) is 23.7. The standard InChI is InChI=1S/C18H20N2O5S/c1-3-25-18(22)14-8-10-15(11-9-14)20-17(21)12-19-26(23,24)16-7-5-4-6-13(16)2/h4-11,19H,3,12H2,1-2H3,(H,20,21). The van der Waals surface area contributed by atoms with E-state index >= 15 is 0 Å². The highest BCUT2D eigenvalue weighted by Crippen LogP contribution is 2.14. The molecule has 7 nitrogen and oxygen atoms in total. The molecule has 0 aliphatic heterocycles. The Morgan fingerprint density at radius 1 is 1.04 bits per heavy atom. The molecule has 8 heteroatoms. The van der Waals surface area contributed by atoms with E-state index in [9.17, 15) is 18.0 Å². The fourth-order valence-electron chi connectivity index (χ4n) is 2.21. The summed E-state index contributed by atoms with van der Waals surface area (Å²) in [6, 6.07) is 12.6. The van der Waals surface area contributed by atoms with E-state index in [1.165, 1.54) is 18.2 Å². The summed E-state index contributed by atoms with van der Waals surface area (Å²) in [6.07, 6.45) is 0. The maximum absolute atomic E-state index is 12.2. The fraction of sp³-hybridized carbons (Fsp3) is 0.222.